The lowest BCUT2D eigenvalue weighted by Gasteiger charge is -2.14. The molecule has 0 atom stereocenters. The lowest BCUT2D eigenvalue weighted by molar-refractivity contribution is 0.417. The highest BCUT2D eigenvalue weighted by molar-refractivity contribution is 7.92. The van der Waals surface area contributed by atoms with Gasteiger partial charge in [0, 0.05) is 18.6 Å². The third kappa shape index (κ3) is 3.05. The van der Waals surface area contributed by atoms with Gasteiger partial charge in [-0.25, -0.2) is 14.3 Å². The van der Waals surface area contributed by atoms with Crippen LogP contribution < -0.4 is 20.7 Å². The van der Waals surface area contributed by atoms with E-state index < -0.39 is 10.0 Å². The van der Waals surface area contributed by atoms with Crippen molar-refractivity contribution in [3.05, 3.63) is 42.4 Å². The Bertz CT molecular complexity index is 1070. The van der Waals surface area contributed by atoms with Crippen molar-refractivity contribution < 1.29 is 13.2 Å². The number of anilines is 1. The van der Waals surface area contributed by atoms with Crippen molar-refractivity contribution in [1.82, 2.24) is 20.2 Å². The van der Waals surface area contributed by atoms with E-state index in [9.17, 15) is 8.42 Å². The number of hydrogen-bond acceptors (Lipinski definition) is 7. The summed E-state index contributed by atoms with van der Waals surface area (Å²) >= 11 is 0. The molecular formula is C15H17N7O3S. The summed E-state index contributed by atoms with van der Waals surface area (Å²) in [7, 11) is -0.772. The van der Waals surface area contributed by atoms with Crippen molar-refractivity contribution in [1.29, 1.82) is 5.41 Å². The van der Waals surface area contributed by atoms with Crippen molar-refractivity contribution in [2.24, 2.45) is 12.9 Å². The minimum absolute atomic E-state index is 0.0627. The van der Waals surface area contributed by atoms with Crippen molar-refractivity contribution in [3.63, 3.8) is 0 Å². The maximum Gasteiger partial charge on any atom is 0.263 e. The molecule has 3 rings (SSSR count). The lowest BCUT2D eigenvalue weighted by atomic mass is 10.2. The molecule has 0 fully saturated rings. The van der Waals surface area contributed by atoms with Gasteiger partial charge < -0.3 is 10.2 Å². The molecule has 10 nitrogen and oxygen atoms in total. The first-order valence-electron chi connectivity index (χ1n) is 7.40. The van der Waals surface area contributed by atoms with Gasteiger partial charge in [-0.3, -0.25) is 19.8 Å². The molecular weight excluding hydrogens is 358 g/mol. The predicted molar refractivity (Wildman–Crippen MR) is 96.5 cm³/mol. The van der Waals surface area contributed by atoms with Gasteiger partial charge in [0.25, 0.3) is 10.0 Å². The second kappa shape index (κ2) is 6.61. The van der Waals surface area contributed by atoms with E-state index in [0.717, 1.165) is 11.6 Å². The Hall–Kier alpha value is -3.18. The van der Waals surface area contributed by atoms with Gasteiger partial charge in [0.15, 0.2) is 5.84 Å². The van der Waals surface area contributed by atoms with Crippen LogP contribution in [0.15, 0.2) is 41.6 Å². The molecule has 0 aliphatic rings. The molecule has 136 valence electrons. The minimum atomic E-state index is -3.94. The number of benzene rings is 1. The second-order valence-corrected chi connectivity index (χ2v) is 7.04. The third-order valence-electron chi connectivity index (χ3n) is 3.77. The van der Waals surface area contributed by atoms with Crippen molar-refractivity contribution in [2.45, 2.75) is 4.90 Å². The molecule has 11 heteroatoms. The molecule has 3 aromatic rings. The first kappa shape index (κ1) is 17.6. The van der Waals surface area contributed by atoms with E-state index in [1.165, 1.54) is 19.2 Å². The van der Waals surface area contributed by atoms with Crippen molar-refractivity contribution in [3.8, 4) is 5.75 Å². The number of aromatic nitrogens is 3. The number of hydrazine groups is 1. The maximum atomic E-state index is 12.8. The number of nitrogens with one attached hydrogen (secondary N) is 3. The topological polar surface area (TPSA) is 148 Å². The Labute approximate surface area is 149 Å². The normalized spacial score (nSPS) is 11.3. The average molecular weight is 375 g/mol. The van der Waals surface area contributed by atoms with Crippen LogP contribution in [0.5, 0.6) is 5.75 Å². The molecule has 1 aromatic carbocycles. The number of ether oxygens (including phenoxy) is 1. The van der Waals surface area contributed by atoms with Gasteiger partial charge in [0.1, 0.15) is 22.0 Å². The number of methoxy groups -OCH3 is 1. The van der Waals surface area contributed by atoms with Gasteiger partial charge in [0.2, 0.25) is 0 Å². The van der Waals surface area contributed by atoms with Gasteiger partial charge in [0.05, 0.1) is 18.8 Å². The van der Waals surface area contributed by atoms with E-state index in [2.05, 4.69) is 20.2 Å². The summed E-state index contributed by atoms with van der Waals surface area (Å²) in [6.45, 7) is 0. The van der Waals surface area contributed by atoms with E-state index in [4.69, 9.17) is 16.0 Å². The molecule has 0 saturated carbocycles. The number of aryl methyl sites for hydroxylation is 1. The first-order valence-corrected chi connectivity index (χ1v) is 8.89. The molecule has 0 aliphatic carbocycles. The number of fused-ring (bicyclic) bond motifs is 1. The summed E-state index contributed by atoms with van der Waals surface area (Å²) in [5, 5.41) is 12.5. The van der Waals surface area contributed by atoms with Gasteiger partial charge in [-0.05, 0) is 24.3 Å². The van der Waals surface area contributed by atoms with Gasteiger partial charge >= 0.3 is 0 Å². The fourth-order valence-electron chi connectivity index (χ4n) is 2.47. The minimum Gasteiger partial charge on any atom is -0.494 e. The summed E-state index contributed by atoms with van der Waals surface area (Å²) in [6.07, 6.45) is 2.79. The Morgan fingerprint density at radius 2 is 2.04 bits per heavy atom. The molecule has 0 aliphatic heterocycles. The number of pyridine rings is 1. The third-order valence-corrected chi connectivity index (χ3v) is 5.10. The molecule has 0 bridgehead atoms. The van der Waals surface area contributed by atoms with Gasteiger partial charge in [-0.2, -0.15) is 5.10 Å². The fourth-order valence-corrected chi connectivity index (χ4v) is 3.49. The highest BCUT2D eigenvalue weighted by atomic mass is 32.2. The average Bonchev–Trinajstić information content (AvgIpc) is 3.02. The quantitative estimate of drug-likeness (QED) is 0.220. The monoisotopic (exact) mass is 375 g/mol. The van der Waals surface area contributed by atoms with E-state index in [0.29, 0.717) is 11.3 Å². The summed E-state index contributed by atoms with van der Waals surface area (Å²) < 4.78 is 34.9. The summed E-state index contributed by atoms with van der Waals surface area (Å²) in [5.74, 6) is 5.39. The number of sulfonamides is 1. The van der Waals surface area contributed by atoms with Gasteiger partial charge in [-0.15, -0.1) is 0 Å². The highest BCUT2D eigenvalue weighted by Gasteiger charge is 2.21. The SMILES string of the molecule is COc1ccc2cnn(C)c2c1NS(=O)(=O)c1ccc(C(=N)NN)nc1. The van der Waals surface area contributed by atoms with Crippen molar-refractivity contribution >= 4 is 32.4 Å². The molecule has 2 heterocycles. The molecule has 0 spiro atoms. The smallest absolute Gasteiger partial charge is 0.263 e. The molecule has 0 amide bonds. The van der Waals surface area contributed by atoms with Crippen LogP contribution in [0.4, 0.5) is 5.69 Å². The van der Waals surface area contributed by atoms with Crippen LogP contribution in [0.2, 0.25) is 0 Å². The zero-order chi connectivity index (χ0) is 18.9. The van der Waals surface area contributed by atoms with E-state index in [-0.39, 0.29) is 22.1 Å². The Morgan fingerprint density at radius 1 is 1.27 bits per heavy atom. The largest absolute Gasteiger partial charge is 0.494 e. The number of rotatable bonds is 5. The molecule has 0 unspecified atom stereocenters. The molecule has 2 aromatic heterocycles. The first-order chi connectivity index (χ1) is 12.4. The predicted octanol–water partition coefficient (Wildman–Crippen LogP) is 0.566. The van der Waals surface area contributed by atoms with Crippen LogP contribution >= 0.6 is 0 Å². The fraction of sp³-hybridized carbons (Fsp3) is 0.133. The van der Waals surface area contributed by atoms with Crippen LogP contribution in [0.25, 0.3) is 10.9 Å². The second-order valence-electron chi connectivity index (χ2n) is 5.35. The van der Waals surface area contributed by atoms with Crippen molar-refractivity contribution in [2.75, 3.05) is 11.8 Å². The van der Waals surface area contributed by atoms with Crippen LogP contribution in [0.3, 0.4) is 0 Å². The number of amidine groups is 1. The summed E-state index contributed by atoms with van der Waals surface area (Å²) in [4.78, 5) is 3.87. The van der Waals surface area contributed by atoms with E-state index in [1.807, 2.05) is 0 Å². The Balaban J connectivity index is 2.04. The molecule has 0 radical (unpaired) electrons. The number of nitrogens with two attached hydrogens (primary N) is 1. The van der Waals surface area contributed by atoms with Gasteiger partial charge in [-0.1, -0.05) is 0 Å². The summed E-state index contributed by atoms with van der Waals surface area (Å²) in [5.41, 5.74) is 3.24. The zero-order valence-corrected chi connectivity index (χ0v) is 14.8. The van der Waals surface area contributed by atoms with E-state index >= 15 is 0 Å². The Morgan fingerprint density at radius 3 is 2.65 bits per heavy atom. The van der Waals surface area contributed by atoms with E-state index in [1.54, 1.807) is 30.1 Å². The molecule has 26 heavy (non-hydrogen) atoms. The zero-order valence-electron chi connectivity index (χ0n) is 14.0. The highest BCUT2D eigenvalue weighted by Crippen LogP contribution is 2.34. The number of hydrogen-bond donors (Lipinski definition) is 4. The van der Waals surface area contributed by atoms with Crippen LogP contribution in [0, 0.1) is 5.41 Å². The Kier molecular flexibility index (Phi) is 4.49. The lowest BCUT2D eigenvalue weighted by Crippen LogP contribution is -2.30. The van der Waals surface area contributed by atoms with Crippen LogP contribution in [-0.2, 0) is 17.1 Å². The number of nitrogens with zero attached hydrogens (tertiary/aromatic N) is 3. The summed E-state index contributed by atoms with van der Waals surface area (Å²) in [6, 6.07) is 6.18. The van der Waals surface area contributed by atoms with Crippen LogP contribution in [-0.4, -0.2) is 36.1 Å². The molecule has 0 saturated heterocycles. The van der Waals surface area contributed by atoms with Crippen LogP contribution in [0.1, 0.15) is 5.69 Å². The maximum absolute atomic E-state index is 12.8. The standard InChI is InChI=1S/C15H17N7O3S/c1-22-14-9(7-19-22)3-6-12(25-2)13(14)21-26(23,24)10-4-5-11(18-8-10)15(16)20-17/h3-8,21H,17H2,1-2H3,(H2,16,20). The molecule has 5 N–H and O–H groups in total.